The molecule has 0 aliphatic rings. The highest BCUT2D eigenvalue weighted by molar-refractivity contribution is 7.47. The van der Waals surface area contributed by atoms with E-state index >= 15 is 0 Å². The number of phosphoric acid groups is 2. The number of ether oxygens (including phenoxy) is 4. The van der Waals surface area contributed by atoms with E-state index in [1.807, 2.05) is 0 Å². The predicted octanol–water partition coefficient (Wildman–Crippen LogP) is 21.7. The number of carbonyl (C=O) groups is 4. The molecule has 2 unspecified atom stereocenters. The molecule has 0 heterocycles. The molecule has 0 aromatic heterocycles. The van der Waals surface area contributed by atoms with Crippen molar-refractivity contribution in [3.05, 3.63) is 0 Å². The fourth-order valence-electron chi connectivity index (χ4n) is 11.4. The van der Waals surface area contributed by atoms with E-state index in [0.29, 0.717) is 25.7 Å². The van der Waals surface area contributed by atoms with Gasteiger partial charge in [0.25, 0.3) is 0 Å². The van der Waals surface area contributed by atoms with E-state index in [-0.39, 0.29) is 25.7 Å². The number of aliphatic hydroxyl groups excluding tert-OH is 1. The van der Waals surface area contributed by atoms with Crippen molar-refractivity contribution in [1.29, 1.82) is 0 Å². The quantitative estimate of drug-likeness (QED) is 0.0222. The zero-order valence-corrected chi connectivity index (χ0v) is 62.2. The van der Waals surface area contributed by atoms with Crippen molar-refractivity contribution in [1.82, 2.24) is 0 Å². The first-order valence-electron chi connectivity index (χ1n) is 38.6. The SMILES string of the molecule is CCCCCCCCCCCCCCCCC(=O)O[C@H](COC(=O)CCCCCCCCCCCCC(C)C)COP(=O)(O)OC[C@@H](O)COP(=O)(O)OC[C@@H](COC(=O)CCCCCCCCCCCCCCC)OC(=O)CCCCCCCCCCCCCCC. The topological polar surface area (TPSA) is 237 Å². The van der Waals surface area contributed by atoms with Crippen molar-refractivity contribution < 1.29 is 80.2 Å². The van der Waals surface area contributed by atoms with E-state index in [9.17, 15) is 43.2 Å². The number of aliphatic hydroxyl groups is 1. The molecule has 0 aromatic rings. The van der Waals surface area contributed by atoms with Gasteiger partial charge in [-0.2, -0.15) is 0 Å². The molecule has 0 amide bonds. The van der Waals surface area contributed by atoms with Crippen LogP contribution in [0, 0.1) is 5.92 Å². The van der Waals surface area contributed by atoms with Crippen LogP contribution in [0.15, 0.2) is 0 Å². The minimum atomic E-state index is -4.95. The second kappa shape index (κ2) is 67.3. The summed E-state index contributed by atoms with van der Waals surface area (Å²) in [7, 11) is -9.91. The van der Waals surface area contributed by atoms with E-state index < -0.39 is 97.5 Å². The molecule has 0 radical (unpaired) electrons. The Hall–Kier alpha value is -1.94. The predicted molar refractivity (Wildman–Crippen MR) is 377 cm³/mol. The molecular formula is C74H144O17P2. The normalized spacial score (nSPS) is 14.0. The maximum absolute atomic E-state index is 13.1. The van der Waals surface area contributed by atoms with E-state index in [1.54, 1.807) is 0 Å². The maximum atomic E-state index is 13.1. The average molecular weight is 1370 g/mol. The lowest BCUT2D eigenvalue weighted by atomic mass is 10.0. The third-order valence-electron chi connectivity index (χ3n) is 17.3. The molecule has 0 bridgehead atoms. The molecule has 0 aliphatic heterocycles. The van der Waals surface area contributed by atoms with E-state index in [0.717, 1.165) is 95.8 Å². The van der Waals surface area contributed by atoms with Crippen LogP contribution in [0.2, 0.25) is 0 Å². The molecule has 19 heteroatoms. The molecule has 0 saturated heterocycles. The van der Waals surface area contributed by atoms with Crippen LogP contribution in [0.1, 0.15) is 388 Å². The Bertz CT molecular complexity index is 1790. The van der Waals surface area contributed by atoms with E-state index in [2.05, 4.69) is 34.6 Å². The zero-order chi connectivity index (χ0) is 68.4. The molecule has 0 saturated carbocycles. The van der Waals surface area contributed by atoms with Gasteiger partial charge in [0.05, 0.1) is 26.4 Å². The molecule has 0 aliphatic carbocycles. The molecule has 552 valence electrons. The standard InChI is InChI=1S/C74H144O17P2/c1-6-9-12-15-18-21-24-27-30-33-40-45-50-55-60-74(79)91-70(64-85-72(77)58-53-48-43-38-35-34-36-41-46-51-56-67(4)5)66-89-93(82,83)87-62-68(75)61-86-92(80,81)88-65-69(90-73(78)59-54-49-44-39-32-29-26-23-20-17-14-11-8-3)63-84-71(76)57-52-47-42-37-31-28-25-22-19-16-13-10-7-2/h67-70,75H,6-66H2,1-5H3,(H,80,81)(H,82,83)/t68-,69+,70+/m0/s1. The molecule has 5 atom stereocenters. The van der Waals surface area contributed by atoms with Crippen LogP contribution in [-0.2, 0) is 65.4 Å². The Labute approximate surface area is 568 Å². The first kappa shape index (κ1) is 91.1. The smallest absolute Gasteiger partial charge is 0.462 e. The van der Waals surface area contributed by atoms with Crippen molar-refractivity contribution in [3.8, 4) is 0 Å². The summed E-state index contributed by atoms with van der Waals surface area (Å²) in [5.74, 6) is -1.35. The summed E-state index contributed by atoms with van der Waals surface area (Å²) in [5.41, 5.74) is 0. The van der Waals surface area contributed by atoms with Gasteiger partial charge in [0, 0.05) is 25.7 Å². The van der Waals surface area contributed by atoms with Crippen LogP contribution in [0.3, 0.4) is 0 Å². The maximum Gasteiger partial charge on any atom is 0.472 e. The van der Waals surface area contributed by atoms with Crippen LogP contribution in [0.4, 0.5) is 0 Å². The molecule has 17 nitrogen and oxygen atoms in total. The lowest BCUT2D eigenvalue weighted by molar-refractivity contribution is -0.161. The molecular weight excluding hydrogens is 1220 g/mol. The third kappa shape index (κ3) is 68.4. The molecule has 0 fully saturated rings. The molecule has 0 aromatic carbocycles. The van der Waals surface area contributed by atoms with Crippen LogP contribution >= 0.6 is 15.6 Å². The van der Waals surface area contributed by atoms with Crippen molar-refractivity contribution in [2.45, 2.75) is 406 Å². The third-order valence-corrected chi connectivity index (χ3v) is 19.2. The largest absolute Gasteiger partial charge is 0.472 e. The van der Waals surface area contributed by atoms with Crippen LogP contribution < -0.4 is 0 Å². The van der Waals surface area contributed by atoms with Gasteiger partial charge < -0.3 is 33.8 Å². The number of carbonyl (C=O) groups excluding carboxylic acids is 4. The molecule has 3 N–H and O–H groups in total. The lowest BCUT2D eigenvalue weighted by Gasteiger charge is -2.21. The van der Waals surface area contributed by atoms with Gasteiger partial charge in [-0.25, -0.2) is 9.13 Å². The van der Waals surface area contributed by atoms with Gasteiger partial charge in [0.15, 0.2) is 12.2 Å². The summed E-state index contributed by atoms with van der Waals surface area (Å²) >= 11 is 0. The number of hydrogen-bond acceptors (Lipinski definition) is 15. The summed E-state index contributed by atoms with van der Waals surface area (Å²) in [5, 5.41) is 10.6. The minimum Gasteiger partial charge on any atom is -0.462 e. The first-order chi connectivity index (χ1) is 45.0. The van der Waals surface area contributed by atoms with Crippen molar-refractivity contribution in [2.75, 3.05) is 39.6 Å². The second-order valence-corrected chi connectivity index (χ2v) is 30.1. The minimum absolute atomic E-state index is 0.108. The van der Waals surface area contributed by atoms with Gasteiger partial charge in [-0.3, -0.25) is 37.3 Å². The molecule has 93 heavy (non-hydrogen) atoms. The second-order valence-electron chi connectivity index (χ2n) is 27.2. The lowest BCUT2D eigenvalue weighted by Crippen LogP contribution is -2.30. The highest BCUT2D eigenvalue weighted by Gasteiger charge is 2.30. The van der Waals surface area contributed by atoms with Gasteiger partial charge >= 0.3 is 39.5 Å². The number of unbranched alkanes of at least 4 members (excludes halogenated alkanes) is 46. The summed E-state index contributed by atoms with van der Waals surface area (Å²) in [6, 6.07) is 0. The fourth-order valence-corrected chi connectivity index (χ4v) is 12.9. The Kier molecular flexibility index (Phi) is 65.9. The average Bonchev–Trinajstić information content (AvgIpc) is 2.31. The summed E-state index contributed by atoms with van der Waals surface area (Å²) < 4.78 is 68.5. The van der Waals surface area contributed by atoms with E-state index in [4.69, 9.17) is 37.0 Å². The Balaban J connectivity index is 5.26. The fraction of sp³-hybridized carbons (Fsp3) is 0.946. The Morgan fingerprint density at radius 3 is 0.731 bits per heavy atom. The van der Waals surface area contributed by atoms with Crippen LogP contribution in [0.5, 0.6) is 0 Å². The Morgan fingerprint density at radius 1 is 0.290 bits per heavy atom. The number of phosphoric ester groups is 2. The highest BCUT2D eigenvalue weighted by atomic mass is 31.2. The van der Waals surface area contributed by atoms with Gasteiger partial charge in [-0.05, 0) is 31.6 Å². The van der Waals surface area contributed by atoms with Crippen LogP contribution in [0.25, 0.3) is 0 Å². The van der Waals surface area contributed by atoms with Crippen molar-refractivity contribution in [2.24, 2.45) is 5.92 Å². The number of rotatable bonds is 74. The molecule has 0 rings (SSSR count). The van der Waals surface area contributed by atoms with E-state index in [1.165, 1.54) is 212 Å². The van der Waals surface area contributed by atoms with Crippen LogP contribution in [-0.4, -0.2) is 96.7 Å². The van der Waals surface area contributed by atoms with Gasteiger partial charge in [-0.1, -0.05) is 336 Å². The highest BCUT2D eigenvalue weighted by Crippen LogP contribution is 2.45. The summed E-state index contributed by atoms with van der Waals surface area (Å²) in [6.45, 7) is 7.28. The van der Waals surface area contributed by atoms with Crippen molar-refractivity contribution >= 4 is 39.5 Å². The first-order valence-corrected chi connectivity index (χ1v) is 41.6. The zero-order valence-electron chi connectivity index (χ0n) is 60.4. The number of hydrogen-bond donors (Lipinski definition) is 3. The summed E-state index contributed by atoms with van der Waals surface area (Å²) in [6.07, 6.45) is 55.2. The molecule has 0 spiro atoms. The number of esters is 4. The summed E-state index contributed by atoms with van der Waals surface area (Å²) in [4.78, 5) is 72.8. The Morgan fingerprint density at radius 2 is 0.495 bits per heavy atom. The monoisotopic (exact) mass is 1370 g/mol. The van der Waals surface area contributed by atoms with Gasteiger partial charge in [0.1, 0.15) is 19.3 Å². The van der Waals surface area contributed by atoms with Crippen molar-refractivity contribution in [3.63, 3.8) is 0 Å². The van der Waals surface area contributed by atoms with Gasteiger partial charge in [-0.15, -0.1) is 0 Å². The van der Waals surface area contributed by atoms with Gasteiger partial charge in [0.2, 0.25) is 0 Å².